The van der Waals surface area contributed by atoms with Crippen molar-refractivity contribution >= 4 is 17.9 Å². The molecule has 6 heteroatoms. The zero-order chi connectivity index (χ0) is 55.0. The van der Waals surface area contributed by atoms with Crippen LogP contribution in [0.5, 0.6) is 0 Å². The summed E-state index contributed by atoms with van der Waals surface area (Å²) in [5.41, 5.74) is 0. The first-order valence-electron chi connectivity index (χ1n) is 31.9. The Morgan fingerprint density at radius 1 is 0.276 bits per heavy atom. The van der Waals surface area contributed by atoms with Crippen LogP contribution in [0.4, 0.5) is 0 Å². The van der Waals surface area contributed by atoms with E-state index in [1.807, 2.05) is 0 Å². The summed E-state index contributed by atoms with van der Waals surface area (Å²) in [5.74, 6) is -0.923. The van der Waals surface area contributed by atoms with Crippen LogP contribution in [-0.4, -0.2) is 37.2 Å². The number of allylic oxidation sites excluding steroid dienone is 18. The van der Waals surface area contributed by atoms with Crippen molar-refractivity contribution in [2.45, 2.75) is 303 Å². The largest absolute Gasteiger partial charge is 0.462 e. The van der Waals surface area contributed by atoms with E-state index in [0.717, 1.165) is 122 Å². The molecule has 0 rings (SSSR count). The quantitative estimate of drug-likeness (QED) is 0.0261. The van der Waals surface area contributed by atoms with Gasteiger partial charge in [-0.1, -0.05) is 259 Å². The van der Waals surface area contributed by atoms with E-state index in [1.54, 1.807) is 0 Å². The molecule has 1 unspecified atom stereocenters. The van der Waals surface area contributed by atoms with E-state index >= 15 is 0 Å². The van der Waals surface area contributed by atoms with E-state index in [2.05, 4.69) is 130 Å². The lowest BCUT2D eigenvalue weighted by molar-refractivity contribution is -0.167. The van der Waals surface area contributed by atoms with E-state index in [1.165, 1.54) is 135 Å². The Morgan fingerprint density at radius 2 is 0.513 bits per heavy atom. The zero-order valence-electron chi connectivity index (χ0n) is 49.7. The summed E-state index contributed by atoms with van der Waals surface area (Å²) in [6, 6.07) is 0. The van der Waals surface area contributed by atoms with Crippen LogP contribution in [-0.2, 0) is 28.6 Å². The summed E-state index contributed by atoms with van der Waals surface area (Å²) >= 11 is 0. The highest BCUT2D eigenvalue weighted by molar-refractivity contribution is 5.71. The monoisotopic (exact) mass is 1050 g/mol. The fourth-order valence-corrected chi connectivity index (χ4v) is 8.71. The Morgan fingerprint density at radius 3 is 0.829 bits per heavy atom. The van der Waals surface area contributed by atoms with Gasteiger partial charge in [0.15, 0.2) is 6.10 Å². The molecule has 0 aromatic rings. The SMILES string of the molecule is CC/C=C\C/C=C\C/C=C\C/C=C\C/C=C\C/C=C\CCCCCCC(=O)OCC(COC(=O)CCCCCCCCC/C=C\CCCCCCCC)OC(=O)CCCCCCCCC/C=C\C/C=C\CCCCCC. The predicted molar refractivity (Wildman–Crippen MR) is 330 cm³/mol. The number of hydrogen-bond acceptors (Lipinski definition) is 6. The van der Waals surface area contributed by atoms with Gasteiger partial charge in [-0.25, -0.2) is 0 Å². The standard InChI is InChI=1S/C70H118O6/c1-4-7-10-13-16-19-22-25-28-31-33-34-35-36-37-40-42-45-48-51-54-57-60-63-69(72)75-66-67(65-74-68(71)62-59-56-53-50-47-44-41-38-30-27-24-21-18-15-12-9-6-3)76-70(73)64-61-58-55-52-49-46-43-39-32-29-26-23-20-17-14-11-8-5-2/h7,10,16,19-20,23,25,27-30,32-34,36-37,42,45,67H,4-6,8-9,11-15,17-18,21-22,24,26,31,35,38-41,43-44,46-66H2,1-3H3/b10-7-,19-16-,23-20-,28-25-,30-27-,32-29-,34-33-,37-36-,45-42-. The van der Waals surface area contributed by atoms with Crippen molar-refractivity contribution < 1.29 is 28.6 Å². The molecule has 0 fully saturated rings. The molecule has 1 atom stereocenters. The van der Waals surface area contributed by atoms with Crippen molar-refractivity contribution in [2.75, 3.05) is 13.2 Å². The Balaban J connectivity index is 4.46. The summed E-state index contributed by atoms with van der Waals surface area (Å²) < 4.78 is 16.9. The lowest BCUT2D eigenvalue weighted by atomic mass is 10.1. The van der Waals surface area contributed by atoms with Gasteiger partial charge in [0, 0.05) is 19.3 Å². The molecule has 0 N–H and O–H groups in total. The van der Waals surface area contributed by atoms with Crippen LogP contribution in [0.3, 0.4) is 0 Å². The second-order valence-corrected chi connectivity index (χ2v) is 20.9. The van der Waals surface area contributed by atoms with Crippen LogP contribution in [0.2, 0.25) is 0 Å². The van der Waals surface area contributed by atoms with Gasteiger partial charge >= 0.3 is 17.9 Å². The molecule has 0 radical (unpaired) electrons. The highest BCUT2D eigenvalue weighted by Gasteiger charge is 2.19. The van der Waals surface area contributed by atoms with E-state index in [4.69, 9.17) is 14.2 Å². The van der Waals surface area contributed by atoms with Crippen LogP contribution >= 0.6 is 0 Å². The fourth-order valence-electron chi connectivity index (χ4n) is 8.71. The number of hydrogen-bond donors (Lipinski definition) is 0. The normalized spacial score (nSPS) is 12.8. The molecule has 6 nitrogen and oxygen atoms in total. The van der Waals surface area contributed by atoms with Crippen molar-refractivity contribution in [1.29, 1.82) is 0 Å². The molecule has 434 valence electrons. The van der Waals surface area contributed by atoms with Gasteiger partial charge in [0.2, 0.25) is 0 Å². The van der Waals surface area contributed by atoms with Crippen molar-refractivity contribution in [2.24, 2.45) is 0 Å². The molecule has 0 amide bonds. The summed E-state index contributed by atoms with van der Waals surface area (Å²) in [6.07, 6.45) is 86.5. The molecule has 0 bridgehead atoms. The molecule has 0 saturated carbocycles. The maximum Gasteiger partial charge on any atom is 0.306 e. The van der Waals surface area contributed by atoms with E-state index in [-0.39, 0.29) is 31.1 Å². The van der Waals surface area contributed by atoms with Crippen LogP contribution in [0.1, 0.15) is 297 Å². The Hall–Kier alpha value is -3.93. The molecule has 0 spiro atoms. The van der Waals surface area contributed by atoms with E-state index in [9.17, 15) is 14.4 Å². The number of unbranched alkanes of at least 4 members (excludes halogenated alkanes) is 28. The van der Waals surface area contributed by atoms with Crippen molar-refractivity contribution in [3.05, 3.63) is 109 Å². The maximum atomic E-state index is 12.9. The molecular formula is C70H118O6. The molecule has 76 heavy (non-hydrogen) atoms. The number of ether oxygens (including phenoxy) is 3. The Bertz CT molecular complexity index is 1540. The van der Waals surface area contributed by atoms with Gasteiger partial charge in [-0.3, -0.25) is 14.4 Å². The summed E-state index contributed by atoms with van der Waals surface area (Å²) in [4.78, 5) is 38.3. The zero-order valence-corrected chi connectivity index (χ0v) is 49.7. The molecule has 0 heterocycles. The number of esters is 3. The molecular weight excluding hydrogens is 937 g/mol. The van der Waals surface area contributed by atoms with Crippen LogP contribution in [0.25, 0.3) is 0 Å². The van der Waals surface area contributed by atoms with Gasteiger partial charge in [0.05, 0.1) is 0 Å². The number of rotatable bonds is 57. The van der Waals surface area contributed by atoms with E-state index < -0.39 is 6.10 Å². The highest BCUT2D eigenvalue weighted by atomic mass is 16.6. The summed E-state index contributed by atoms with van der Waals surface area (Å²) in [6.45, 7) is 6.49. The summed E-state index contributed by atoms with van der Waals surface area (Å²) in [7, 11) is 0. The van der Waals surface area contributed by atoms with E-state index in [0.29, 0.717) is 19.3 Å². The number of carbonyl (C=O) groups is 3. The molecule has 0 saturated heterocycles. The van der Waals surface area contributed by atoms with Crippen molar-refractivity contribution in [3.8, 4) is 0 Å². The van der Waals surface area contributed by atoms with Crippen LogP contribution in [0.15, 0.2) is 109 Å². The fraction of sp³-hybridized carbons (Fsp3) is 0.700. The Labute approximate surface area is 470 Å². The first kappa shape index (κ1) is 72.1. The van der Waals surface area contributed by atoms with Crippen LogP contribution < -0.4 is 0 Å². The molecule has 0 aromatic carbocycles. The summed E-state index contributed by atoms with van der Waals surface area (Å²) in [5, 5.41) is 0. The minimum Gasteiger partial charge on any atom is -0.462 e. The van der Waals surface area contributed by atoms with Gasteiger partial charge in [0.25, 0.3) is 0 Å². The van der Waals surface area contributed by atoms with Crippen molar-refractivity contribution in [1.82, 2.24) is 0 Å². The van der Waals surface area contributed by atoms with Gasteiger partial charge in [0.1, 0.15) is 13.2 Å². The minimum absolute atomic E-state index is 0.0924. The van der Waals surface area contributed by atoms with Gasteiger partial charge < -0.3 is 14.2 Å². The van der Waals surface area contributed by atoms with Crippen molar-refractivity contribution in [3.63, 3.8) is 0 Å². The molecule has 0 aliphatic rings. The highest BCUT2D eigenvalue weighted by Crippen LogP contribution is 2.15. The smallest absolute Gasteiger partial charge is 0.306 e. The van der Waals surface area contributed by atoms with Gasteiger partial charge in [-0.2, -0.15) is 0 Å². The lowest BCUT2D eigenvalue weighted by Crippen LogP contribution is -2.30. The van der Waals surface area contributed by atoms with Gasteiger partial charge in [-0.15, -0.1) is 0 Å². The third-order valence-corrected chi connectivity index (χ3v) is 13.5. The minimum atomic E-state index is -0.798. The third kappa shape index (κ3) is 60.9. The number of carbonyl (C=O) groups excluding carboxylic acids is 3. The molecule has 0 aliphatic heterocycles. The lowest BCUT2D eigenvalue weighted by Gasteiger charge is -2.18. The predicted octanol–water partition coefficient (Wildman–Crippen LogP) is 21.8. The second kappa shape index (κ2) is 63.6. The molecule has 0 aromatic heterocycles. The third-order valence-electron chi connectivity index (χ3n) is 13.5. The Kier molecular flexibility index (Phi) is 60.3. The average molecular weight is 1060 g/mol. The topological polar surface area (TPSA) is 78.9 Å². The first-order valence-corrected chi connectivity index (χ1v) is 31.9. The first-order chi connectivity index (χ1) is 37.5. The maximum absolute atomic E-state index is 12.9. The average Bonchev–Trinajstić information content (AvgIpc) is 3.42. The van der Waals surface area contributed by atoms with Gasteiger partial charge in [-0.05, 0) is 128 Å². The molecule has 0 aliphatic carbocycles. The second-order valence-electron chi connectivity index (χ2n) is 20.9. The van der Waals surface area contributed by atoms with Crippen LogP contribution in [0, 0.1) is 0 Å².